The number of nitrogens with one attached hydrogen (secondary N) is 1. The van der Waals surface area contributed by atoms with Gasteiger partial charge in [0.25, 0.3) is 0 Å². The normalized spacial score (nSPS) is 36.8. The molecule has 2 saturated heterocycles. The van der Waals surface area contributed by atoms with Crippen LogP contribution in [0.1, 0.15) is 47.0 Å². The Morgan fingerprint density at radius 1 is 1.25 bits per heavy atom. The van der Waals surface area contributed by atoms with Crippen LogP contribution in [-0.4, -0.2) is 36.1 Å². The molecule has 94 valence electrons. The molecule has 2 nitrogen and oxygen atoms in total. The van der Waals surface area contributed by atoms with E-state index in [1.807, 2.05) is 0 Å². The van der Waals surface area contributed by atoms with Crippen LogP contribution in [0.3, 0.4) is 0 Å². The SMILES string of the molecule is CC(C)N1CCC(C2(C(C)C)CCCN2)C1. The van der Waals surface area contributed by atoms with Crippen molar-refractivity contribution >= 4 is 0 Å². The molecule has 0 saturated carbocycles. The van der Waals surface area contributed by atoms with E-state index in [1.54, 1.807) is 0 Å². The van der Waals surface area contributed by atoms with Gasteiger partial charge < -0.3 is 10.2 Å². The third-order valence-corrected chi connectivity index (χ3v) is 4.93. The van der Waals surface area contributed by atoms with Crippen LogP contribution in [0.4, 0.5) is 0 Å². The third-order valence-electron chi connectivity index (χ3n) is 4.93. The van der Waals surface area contributed by atoms with Crippen LogP contribution in [-0.2, 0) is 0 Å². The van der Waals surface area contributed by atoms with E-state index in [2.05, 4.69) is 37.9 Å². The van der Waals surface area contributed by atoms with E-state index in [0.29, 0.717) is 5.54 Å². The van der Waals surface area contributed by atoms with Crippen molar-refractivity contribution in [3.63, 3.8) is 0 Å². The first-order valence-electron chi connectivity index (χ1n) is 7.05. The predicted octanol–water partition coefficient (Wildman–Crippen LogP) is 2.49. The van der Waals surface area contributed by atoms with Gasteiger partial charge in [0.05, 0.1) is 0 Å². The molecule has 2 fully saturated rings. The molecule has 0 aromatic heterocycles. The van der Waals surface area contributed by atoms with Crippen molar-refractivity contribution < 1.29 is 0 Å². The van der Waals surface area contributed by atoms with Gasteiger partial charge in [-0.05, 0) is 58.0 Å². The smallest absolute Gasteiger partial charge is 0.0245 e. The van der Waals surface area contributed by atoms with E-state index in [4.69, 9.17) is 0 Å². The molecule has 2 heteroatoms. The second-order valence-electron chi connectivity index (χ2n) is 6.30. The first kappa shape index (κ1) is 12.4. The predicted molar refractivity (Wildman–Crippen MR) is 69.6 cm³/mol. The Hall–Kier alpha value is -0.0800. The molecule has 2 rings (SSSR count). The standard InChI is InChI=1S/C14H28N2/c1-11(2)14(7-5-8-15-14)13-6-9-16(10-13)12(3)4/h11-13,15H,5-10H2,1-4H3. The first-order valence-corrected chi connectivity index (χ1v) is 7.05. The zero-order valence-electron chi connectivity index (χ0n) is 11.4. The van der Waals surface area contributed by atoms with E-state index in [9.17, 15) is 0 Å². The average molecular weight is 224 g/mol. The number of hydrogen-bond donors (Lipinski definition) is 1. The summed E-state index contributed by atoms with van der Waals surface area (Å²) in [7, 11) is 0. The fourth-order valence-electron chi connectivity index (χ4n) is 3.78. The molecule has 2 unspecified atom stereocenters. The highest BCUT2D eigenvalue weighted by Crippen LogP contribution is 2.39. The molecule has 16 heavy (non-hydrogen) atoms. The van der Waals surface area contributed by atoms with Gasteiger partial charge >= 0.3 is 0 Å². The van der Waals surface area contributed by atoms with Crippen LogP contribution in [0.25, 0.3) is 0 Å². The molecule has 2 aliphatic rings. The van der Waals surface area contributed by atoms with E-state index in [0.717, 1.165) is 17.9 Å². The molecule has 0 amide bonds. The minimum Gasteiger partial charge on any atom is -0.311 e. The fraction of sp³-hybridized carbons (Fsp3) is 1.00. The summed E-state index contributed by atoms with van der Waals surface area (Å²) in [6.45, 7) is 13.3. The van der Waals surface area contributed by atoms with Gasteiger partial charge in [-0.15, -0.1) is 0 Å². The summed E-state index contributed by atoms with van der Waals surface area (Å²) >= 11 is 0. The molecule has 2 aliphatic heterocycles. The van der Waals surface area contributed by atoms with Crippen LogP contribution >= 0.6 is 0 Å². The number of likely N-dealkylation sites (tertiary alicyclic amines) is 1. The number of rotatable bonds is 3. The highest BCUT2D eigenvalue weighted by Gasteiger charge is 2.46. The van der Waals surface area contributed by atoms with E-state index in [-0.39, 0.29) is 0 Å². The van der Waals surface area contributed by atoms with Gasteiger partial charge in [0.2, 0.25) is 0 Å². The van der Waals surface area contributed by atoms with Crippen molar-refractivity contribution in [2.24, 2.45) is 11.8 Å². The number of nitrogens with zero attached hydrogens (tertiary/aromatic N) is 1. The van der Waals surface area contributed by atoms with Gasteiger partial charge in [0, 0.05) is 18.1 Å². The fourth-order valence-corrected chi connectivity index (χ4v) is 3.78. The zero-order chi connectivity index (χ0) is 11.8. The van der Waals surface area contributed by atoms with Crippen LogP contribution in [0.5, 0.6) is 0 Å². The summed E-state index contributed by atoms with van der Waals surface area (Å²) < 4.78 is 0. The Bertz CT molecular complexity index is 229. The molecule has 2 atom stereocenters. The van der Waals surface area contributed by atoms with Crippen LogP contribution in [0.15, 0.2) is 0 Å². The lowest BCUT2D eigenvalue weighted by molar-refractivity contribution is 0.159. The Morgan fingerprint density at radius 2 is 2.00 bits per heavy atom. The van der Waals surface area contributed by atoms with Crippen LogP contribution in [0, 0.1) is 11.8 Å². The first-order chi connectivity index (χ1) is 7.56. The van der Waals surface area contributed by atoms with Crippen molar-refractivity contribution in [3.8, 4) is 0 Å². The van der Waals surface area contributed by atoms with Crippen molar-refractivity contribution in [1.82, 2.24) is 10.2 Å². The molecule has 1 N–H and O–H groups in total. The quantitative estimate of drug-likeness (QED) is 0.792. The lowest BCUT2D eigenvalue weighted by Crippen LogP contribution is -2.52. The molecule has 0 radical (unpaired) electrons. The Balaban J connectivity index is 2.06. The topological polar surface area (TPSA) is 15.3 Å². The summed E-state index contributed by atoms with van der Waals surface area (Å²) in [4.78, 5) is 2.65. The Kier molecular flexibility index (Phi) is 3.60. The van der Waals surface area contributed by atoms with Crippen LogP contribution < -0.4 is 5.32 Å². The summed E-state index contributed by atoms with van der Waals surface area (Å²) in [6, 6.07) is 0.718. The van der Waals surface area contributed by atoms with E-state index >= 15 is 0 Å². The second-order valence-corrected chi connectivity index (χ2v) is 6.30. The van der Waals surface area contributed by atoms with Gasteiger partial charge in [-0.2, -0.15) is 0 Å². The second kappa shape index (κ2) is 4.66. The Morgan fingerprint density at radius 3 is 2.44 bits per heavy atom. The average Bonchev–Trinajstić information content (AvgIpc) is 2.87. The van der Waals surface area contributed by atoms with Crippen molar-refractivity contribution in [2.75, 3.05) is 19.6 Å². The van der Waals surface area contributed by atoms with Crippen molar-refractivity contribution in [1.29, 1.82) is 0 Å². The third kappa shape index (κ3) is 2.02. The lowest BCUT2D eigenvalue weighted by atomic mass is 9.74. The minimum atomic E-state index is 0.448. The van der Waals surface area contributed by atoms with Crippen LogP contribution in [0.2, 0.25) is 0 Å². The van der Waals surface area contributed by atoms with E-state index in [1.165, 1.54) is 38.9 Å². The molecular formula is C14H28N2. The summed E-state index contributed by atoms with van der Waals surface area (Å²) in [5.74, 6) is 1.64. The molecule has 2 heterocycles. The number of hydrogen-bond acceptors (Lipinski definition) is 2. The maximum absolute atomic E-state index is 3.84. The highest BCUT2D eigenvalue weighted by atomic mass is 15.2. The molecule has 0 bridgehead atoms. The molecule has 0 spiro atoms. The van der Waals surface area contributed by atoms with Crippen molar-refractivity contribution in [2.45, 2.75) is 58.5 Å². The van der Waals surface area contributed by atoms with E-state index < -0.39 is 0 Å². The summed E-state index contributed by atoms with van der Waals surface area (Å²) in [6.07, 6.45) is 4.15. The van der Waals surface area contributed by atoms with Gasteiger partial charge in [0.1, 0.15) is 0 Å². The lowest BCUT2D eigenvalue weighted by Gasteiger charge is -2.40. The molecule has 0 aromatic rings. The molecule has 0 aromatic carbocycles. The van der Waals surface area contributed by atoms with Gasteiger partial charge in [0.15, 0.2) is 0 Å². The van der Waals surface area contributed by atoms with Crippen molar-refractivity contribution in [3.05, 3.63) is 0 Å². The van der Waals surface area contributed by atoms with Gasteiger partial charge in [-0.3, -0.25) is 0 Å². The Labute approximate surface area is 101 Å². The van der Waals surface area contributed by atoms with Gasteiger partial charge in [-0.25, -0.2) is 0 Å². The highest BCUT2D eigenvalue weighted by molar-refractivity contribution is 5.03. The maximum Gasteiger partial charge on any atom is 0.0245 e. The zero-order valence-corrected chi connectivity index (χ0v) is 11.4. The maximum atomic E-state index is 3.84. The molecular weight excluding hydrogens is 196 g/mol. The van der Waals surface area contributed by atoms with Gasteiger partial charge in [-0.1, -0.05) is 13.8 Å². The monoisotopic (exact) mass is 224 g/mol. The summed E-state index contributed by atoms with van der Waals surface area (Å²) in [5, 5.41) is 3.84. The minimum absolute atomic E-state index is 0.448. The summed E-state index contributed by atoms with van der Waals surface area (Å²) in [5.41, 5.74) is 0.448. The molecule has 0 aliphatic carbocycles. The largest absolute Gasteiger partial charge is 0.311 e.